The van der Waals surface area contributed by atoms with Gasteiger partial charge in [-0.1, -0.05) is 54.6 Å². The van der Waals surface area contributed by atoms with E-state index in [9.17, 15) is 14.8 Å². The summed E-state index contributed by atoms with van der Waals surface area (Å²) in [7, 11) is 0. The molecule has 39 heavy (non-hydrogen) atoms. The molecule has 3 atom stereocenters. The van der Waals surface area contributed by atoms with Crippen LogP contribution in [0.3, 0.4) is 0 Å². The molecule has 2 amide bonds. The molecule has 0 radical (unpaired) electrons. The number of nitrogens with zero attached hydrogens (tertiary/aromatic N) is 2. The standard InChI is InChI=1S/C31H30N4O4/c1-19-16-21(24-7-4-5-9-27(24)33-19)18-39-23-12-10-22(11-13-23)31(32)14-15-35(30(31)37)28-25-8-3-2-6-20(25)17-26(28)29(36)34-38/h2-13,16,26,28,38H,14-15,17-18,32H2,1H3,(H,34,36)/t26?,28-,31+/m1/s1. The Morgan fingerprint density at radius 1 is 1.13 bits per heavy atom. The minimum atomic E-state index is -1.21. The molecule has 4 aromatic rings. The van der Waals surface area contributed by atoms with Gasteiger partial charge in [-0.2, -0.15) is 0 Å². The molecular formula is C31H30N4O4. The van der Waals surface area contributed by atoms with Gasteiger partial charge in [-0.15, -0.1) is 0 Å². The summed E-state index contributed by atoms with van der Waals surface area (Å²) in [6, 6.07) is 24.6. The summed E-state index contributed by atoms with van der Waals surface area (Å²) in [6.07, 6.45) is 0.868. The van der Waals surface area contributed by atoms with E-state index >= 15 is 0 Å². The second-order valence-corrected chi connectivity index (χ2v) is 10.4. The largest absolute Gasteiger partial charge is 0.489 e. The number of amides is 2. The minimum Gasteiger partial charge on any atom is -0.489 e. The Morgan fingerprint density at radius 3 is 2.67 bits per heavy atom. The maximum Gasteiger partial charge on any atom is 0.249 e. The molecule has 4 N–H and O–H groups in total. The van der Waals surface area contributed by atoms with E-state index in [0.717, 1.165) is 33.3 Å². The van der Waals surface area contributed by atoms with Gasteiger partial charge in [0.2, 0.25) is 11.8 Å². The highest BCUT2D eigenvalue weighted by atomic mass is 16.5. The highest BCUT2D eigenvalue weighted by molar-refractivity contribution is 5.91. The molecule has 1 aromatic heterocycles. The summed E-state index contributed by atoms with van der Waals surface area (Å²) in [5.74, 6) is -0.639. The zero-order chi connectivity index (χ0) is 27.1. The topological polar surface area (TPSA) is 118 Å². The van der Waals surface area contributed by atoms with Crippen molar-refractivity contribution in [1.29, 1.82) is 0 Å². The van der Waals surface area contributed by atoms with E-state index in [1.54, 1.807) is 10.4 Å². The van der Waals surface area contributed by atoms with Crippen molar-refractivity contribution in [3.8, 4) is 5.75 Å². The highest BCUT2D eigenvalue weighted by Crippen LogP contribution is 2.45. The average molecular weight is 523 g/mol. The van der Waals surface area contributed by atoms with Gasteiger partial charge in [0, 0.05) is 23.2 Å². The summed E-state index contributed by atoms with van der Waals surface area (Å²) in [4.78, 5) is 32.6. The molecule has 1 unspecified atom stereocenters. The predicted molar refractivity (Wildman–Crippen MR) is 146 cm³/mol. The van der Waals surface area contributed by atoms with Crippen LogP contribution in [0.25, 0.3) is 10.9 Å². The fraction of sp³-hybridized carbons (Fsp3) is 0.258. The van der Waals surface area contributed by atoms with Crippen molar-refractivity contribution in [2.45, 2.75) is 38.0 Å². The second-order valence-electron chi connectivity index (χ2n) is 10.4. The van der Waals surface area contributed by atoms with Crippen LogP contribution in [0.15, 0.2) is 78.9 Å². The molecule has 0 bridgehead atoms. The quantitative estimate of drug-likeness (QED) is 0.261. The van der Waals surface area contributed by atoms with Crippen LogP contribution in [0.2, 0.25) is 0 Å². The van der Waals surface area contributed by atoms with Gasteiger partial charge in [0.15, 0.2) is 0 Å². The number of rotatable bonds is 6. The maximum absolute atomic E-state index is 13.8. The van der Waals surface area contributed by atoms with Gasteiger partial charge in [0.1, 0.15) is 17.9 Å². The maximum atomic E-state index is 13.8. The van der Waals surface area contributed by atoms with Crippen LogP contribution in [0.5, 0.6) is 5.75 Å². The van der Waals surface area contributed by atoms with Crippen LogP contribution in [0.1, 0.15) is 40.4 Å². The molecule has 1 aliphatic carbocycles. The van der Waals surface area contributed by atoms with Crippen LogP contribution in [0.4, 0.5) is 0 Å². The first-order valence-electron chi connectivity index (χ1n) is 13.1. The second kappa shape index (κ2) is 9.80. The SMILES string of the molecule is Cc1cc(COc2ccc([C@@]3(N)CCN([C@@H]4c5ccccc5CC4C(=O)NO)C3=O)cc2)c2ccccc2n1. The molecule has 6 rings (SSSR count). The van der Waals surface area contributed by atoms with Crippen molar-refractivity contribution < 1.29 is 19.5 Å². The number of nitrogens with two attached hydrogens (primary N) is 1. The monoisotopic (exact) mass is 522 g/mol. The number of aryl methyl sites for hydroxylation is 1. The molecule has 0 saturated carbocycles. The van der Waals surface area contributed by atoms with Crippen LogP contribution in [0, 0.1) is 12.8 Å². The smallest absolute Gasteiger partial charge is 0.249 e. The number of likely N-dealkylation sites (tertiary alicyclic amines) is 1. The number of carbonyl (C=O) groups is 2. The Morgan fingerprint density at radius 2 is 1.87 bits per heavy atom. The molecule has 2 heterocycles. The number of para-hydroxylation sites is 1. The molecule has 1 saturated heterocycles. The van der Waals surface area contributed by atoms with Crippen LogP contribution < -0.4 is 16.0 Å². The van der Waals surface area contributed by atoms with E-state index in [-0.39, 0.29) is 5.91 Å². The lowest BCUT2D eigenvalue weighted by Crippen LogP contribution is -2.47. The number of benzene rings is 3. The third-order valence-electron chi connectivity index (χ3n) is 8.06. The fourth-order valence-electron chi connectivity index (χ4n) is 6.10. The number of carbonyl (C=O) groups excluding carboxylic acids is 2. The van der Waals surface area contributed by atoms with Crippen LogP contribution >= 0.6 is 0 Å². The summed E-state index contributed by atoms with van der Waals surface area (Å²) >= 11 is 0. The zero-order valence-corrected chi connectivity index (χ0v) is 21.6. The fourth-order valence-corrected chi connectivity index (χ4v) is 6.10. The average Bonchev–Trinajstić information content (AvgIpc) is 3.49. The van der Waals surface area contributed by atoms with Crippen molar-refractivity contribution in [1.82, 2.24) is 15.4 Å². The number of hydrogen-bond acceptors (Lipinski definition) is 6. The van der Waals surface area contributed by atoms with Gasteiger partial charge in [-0.05, 0) is 60.7 Å². The van der Waals surface area contributed by atoms with Crippen molar-refractivity contribution in [2.24, 2.45) is 11.7 Å². The van der Waals surface area contributed by atoms with Crippen molar-refractivity contribution in [2.75, 3.05) is 6.54 Å². The minimum absolute atomic E-state index is 0.229. The lowest BCUT2D eigenvalue weighted by Gasteiger charge is -2.31. The van der Waals surface area contributed by atoms with Crippen molar-refractivity contribution in [3.05, 3.63) is 107 Å². The first-order chi connectivity index (χ1) is 18.9. The summed E-state index contributed by atoms with van der Waals surface area (Å²) in [5.41, 5.74) is 12.9. The predicted octanol–water partition coefficient (Wildman–Crippen LogP) is 3.93. The van der Waals surface area contributed by atoms with Crippen LogP contribution in [-0.4, -0.2) is 33.5 Å². The molecule has 1 aliphatic heterocycles. The third kappa shape index (κ3) is 4.31. The van der Waals surface area contributed by atoms with E-state index in [1.807, 2.05) is 85.8 Å². The Bertz CT molecular complexity index is 1570. The lowest BCUT2D eigenvalue weighted by atomic mass is 9.89. The molecule has 0 spiro atoms. The molecule has 2 aliphatic rings. The molecule has 1 fully saturated rings. The van der Waals surface area contributed by atoms with E-state index in [1.165, 1.54) is 0 Å². The zero-order valence-electron chi connectivity index (χ0n) is 21.6. The Labute approximate surface area is 226 Å². The Hall–Kier alpha value is -4.27. The third-order valence-corrected chi connectivity index (χ3v) is 8.06. The van der Waals surface area contributed by atoms with Gasteiger partial charge >= 0.3 is 0 Å². The summed E-state index contributed by atoms with van der Waals surface area (Å²) in [5, 5.41) is 10.4. The molecule has 8 heteroatoms. The number of pyridine rings is 1. The number of ether oxygens (including phenoxy) is 1. The highest BCUT2D eigenvalue weighted by Gasteiger charge is 2.51. The van der Waals surface area contributed by atoms with Gasteiger partial charge in [-0.25, -0.2) is 5.48 Å². The number of fused-ring (bicyclic) bond motifs is 2. The van der Waals surface area contributed by atoms with Crippen molar-refractivity contribution in [3.63, 3.8) is 0 Å². The summed E-state index contributed by atoms with van der Waals surface area (Å²) < 4.78 is 6.09. The van der Waals surface area contributed by atoms with Gasteiger partial charge in [0.05, 0.1) is 17.5 Å². The molecular weight excluding hydrogens is 492 g/mol. The lowest BCUT2D eigenvalue weighted by molar-refractivity contribution is -0.140. The number of aromatic nitrogens is 1. The first kappa shape index (κ1) is 25.0. The normalized spacial score (nSPS) is 22.2. The number of hydroxylamine groups is 1. The van der Waals surface area contributed by atoms with E-state index < -0.39 is 23.4 Å². The van der Waals surface area contributed by atoms with Crippen molar-refractivity contribution >= 4 is 22.7 Å². The first-order valence-corrected chi connectivity index (χ1v) is 13.1. The van der Waals surface area contributed by atoms with E-state index in [0.29, 0.717) is 37.3 Å². The molecule has 198 valence electrons. The van der Waals surface area contributed by atoms with Gasteiger partial charge < -0.3 is 15.4 Å². The van der Waals surface area contributed by atoms with Crippen LogP contribution in [-0.2, 0) is 28.2 Å². The van der Waals surface area contributed by atoms with E-state index in [4.69, 9.17) is 10.5 Å². The summed E-state index contributed by atoms with van der Waals surface area (Å²) in [6.45, 7) is 2.77. The number of hydrogen-bond donors (Lipinski definition) is 3. The van der Waals surface area contributed by atoms with Gasteiger partial charge in [-0.3, -0.25) is 19.8 Å². The molecule has 8 nitrogen and oxygen atoms in total. The van der Waals surface area contributed by atoms with Gasteiger partial charge in [0.25, 0.3) is 0 Å². The van der Waals surface area contributed by atoms with E-state index in [2.05, 4.69) is 4.98 Å². The molecule has 3 aromatic carbocycles. The Kier molecular flexibility index (Phi) is 6.29. The number of nitrogens with one attached hydrogen (secondary N) is 1. The Balaban J connectivity index is 1.21.